The number of hydrogen-bond donors (Lipinski definition) is 1. The van der Waals surface area contributed by atoms with E-state index in [-0.39, 0.29) is 5.60 Å². The van der Waals surface area contributed by atoms with Crippen LogP contribution in [0.1, 0.15) is 66.2 Å². The van der Waals surface area contributed by atoms with Crippen molar-refractivity contribution < 1.29 is 4.74 Å². The molecule has 2 nitrogen and oxygen atoms in total. The van der Waals surface area contributed by atoms with Gasteiger partial charge in [-0.25, -0.2) is 0 Å². The van der Waals surface area contributed by atoms with Crippen LogP contribution in [0.25, 0.3) is 0 Å². The van der Waals surface area contributed by atoms with Gasteiger partial charge in [-0.1, -0.05) is 47.0 Å². The first kappa shape index (κ1) is 15.9. The third kappa shape index (κ3) is 5.31. The van der Waals surface area contributed by atoms with Gasteiger partial charge in [0.2, 0.25) is 0 Å². The fourth-order valence-corrected chi connectivity index (χ4v) is 1.99. The molecule has 0 spiro atoms. The number of nitrogens with two attached hydrogens (primary N) is 1. The zero-order valence-electron chi connectivity index (χ0n) is 11.7. The van der Waals surface area contributed by atoms with Crippen LogP contribution in [-0.4, -0.2) is 18.8 Å². The van der Waals surface area contributed by atoms with E-state index in [2.05, 4.69) is 27.7 Å². The highest BCUT2D eigenvalue weighted by Gasteiger charge is 2.25. The fourth-order valence-electron chi connectivity index (χ4n) is 1.99. The molecule has 0 saturated carbocycles. The summed E-state index contributed by atoms with van der Waals surface area (Å²) in [6, 6.07) is 0. The molecule has 0 aromatic rings. The average Bonchev–Trinajstić information content (AvgIpc) is 2.35. The molecule has 0 bridgehead atoms. The quantitative estimate of drug-likeness (QED) is 0.619. The van der Waals surface area contributed by atoms with Crippen LogP contribution < -0.4 is 5.73 Å². The predicted octanol–water partition coefficient (Wildman–Crippen LogP) is 3.74. The lowest BCUT2D eigenvalue weighted by atomic mass is 9.96. The van der Waals surface area contributed by atoms with Gasteiger partial charge in [0.05, 0.1) is 12.2 Å². The minimum absolute atomic E-state index is 0.0698. The lowest BCUT2D eigenvalue weighted by molar-refractivity contribution is -0.0613. The second-order valence-electron chi connectivity index (χ2n) is 4.82. The van der Waals surface area contributed by atoms with Gasteiger partial charge < -0.3 is 10.5 Å². The number of rotatable bonds is 10. The summed E-state index contributed by atoms with van der Waals surface area (Å²) in [4.78, 5) is 0. The Hall–Kier alpha value is -0.0800. The summed E-state index contributed by atoms with van der Waals surface area (Å²) in [6.07, 6.45) is 7.14. The van der Waals surface area contributed by atoms with Crippen molar-refractivity contribution in [1.29, 1.82) is 0 Å². The van der Waals surface area contributed by atoms with Gasteiger partial charge in [0.15, 0.2) is 0 Å². The Bertz CT molecular complexity index is 147. The molecule has 2 N–H and O–H groups in total. The Labute approximate surface area is 102 Å². The van der Waals surface area contributed by atoms with E-state index in [0.29, 0.717) is 12.5 Å². The maximum absolute atomic E-state index is 6.10. The van der Waals surface area contributed by atoms with Crippen molar-refractivity contribution in [1.82, 2.24) is 0 Å². The van der Waals surface area contributed by atoms with Gasteiger partial charge in [-0.05, 0) is 25.2 Å². The van der Waals surface area contributed by atoms with Crippen molar-refractivity contribution in [2.45, 2.75) is 71.8 Å². The maximum Gasteiger partial charge on any atom is 0.0799 e. The molecule has 0 aliphatic carbocycles. The molecule has 0 aliphatic rings. The van der Waals surface area contributed by atoms with Crippen molar-refractivity contribution in [2.24, 2.45) is 11.7 Å². The largest absolute Gasteiger partial charge is 0.373 e. The molecule has 0 fully saturated rings. The van der Waals surface area contributed by atoms with Gasteiger partial charge in [-0.15, -0.1) is 0 Å². The van der Waals surface area contributed by atoms with E-state index in [1.54, 1.807) is 0 Å². The Morgan fingerprint density at radius 1 is 1.12 bits per heavy atom. The van der Waals surface area contributed by atoms with Crippen molar-refractivity contribution in [3.05, 3.63) is 0 Å². The summed E-state index contributed by atoms with van der Waals surface area (Å²) in [6.45, 7) is 10.4. The standard InChI is InChI=1S/C14H31NO/c1-5-9-10-13(6-2)11-16-14(7-3,8-4)12-15/h13H,5-12,15H2,1-4H3. The van der Waals surface area contributed by atoms with E-state index in [1.165, 1.54) is 25.7 Å². The van der Waals surface area contributed by atoms with Crippen molar-refractivity contribution >= 4 is 0 Å². The molecule has 0 radical (unpaired) electrons. The maximum atomic E-state index is 6.10. The van der Waals surface area contributed by atoms with E-state index in [0.717, 1.165) is 19.4 Å². The predicted molar refractivity (Wildman–Crippen MR) is 71.6 cm³/mol. The number of ether oxygens (including phenoxy) is 1. The van der Waals surface area contributed by atoms with Crippen LogP contribution in [0.5, 0.6) is 0 Å². The molecule has 0 aromatic heterocycles. The molecule has 1 atom stereocenters. The molecule has 0 amide bonds. The van der Waals surface area contributed by atoms with Crippen LogP contribution in [0.2, 0.25) is 0 Å². The lowest BCUT2D eigenvalue weighted by Gasteiger charge is -2.32. The van der Waals surface area contributed by atoms with E-state index in [4.69, 9.17) is 10.5 Å². The van der Waals surface area contributed by atoms with Crippen LogP contribution in [-0.2, 0) is 4.74 Å². The highest BCUT2D eigenvalue weighted by Crippen LogP contribution is 2.22. The highest BCUT2D eigenvalue weighted by molar-refractivity contribution is 4.79. The monoisotopic (exact) mass is 229 g/mol. The molecule has 16 heavy (non-hydrogen) atoms. The molecule has 0 heterocycles. The number of unbranched alkanes of at least 4 members (excludes halogenated alkanes) is 1. The van der Waals surface area contributed by atoms with Gasteiger partial charge >= 0.3 is 0 Å². The molecular weight excluding hydrogens is 198 g/mol. The van der Waals surface area contributed by atoms with Crippen LogP contribution in [0.15, 0.2) is 0 Å². The summed E-state index contributed by atoms with van der Waals surface area (Å²) < 4.78 is 6.10. The molecule has 1 unspecified atom stereocenters. The van der Waals surface area contributed by atoms with Gasteiger partial charge in [0.1, 0.15) is 0 Å². The average molecular weight is 229 g/mol. The van der Waals surface area contributed by atoms with Crippen LogP contribution in [0.4, 0.5) is 0 Å². The summed E-state index contributed by atoms with van der Waals surface area (Å²) in [5.41, 5.74) is 5.76. The molecule has 98 valence electrons. The van der Waals surface area contributed by atoms with Crippen LogP contribution >= 0.6 is 0 Å². The molecule has 0 rings (SSSR count). The molecule has 0 aliphatic heterocycles. The first-order chi connectivity index (χ1) is 7.67. The third-order valence-electron chi connectivity index (χ3n) is 3.83. The first-order valence-corrected chi connectivity index (χ1v) is 7.01. The van der Waals surface area contributed by atoms with Gasteiger partial charge in [0.25, 0.3) is 0 Å². The normalized spacial score (nSPS) is 14.1. The summed E-state index contributed by atoms with van der Waals surface area (Å²) in [5.74, 6) is 0.712. The zero-order valence-corrected chi connectivity index (χ0v) is 11.7. The van der Waals surface area contributed by atoms with Gasteiger partial charge in [-0.2, -0.15) is 0 Å². The summed E-state index contributed by atoms with van der Waals surface area (Å²) in [7, 11) is 0. The van der Waals surface area contributed by atoms with Crippen LogP contribution in [0.3, 0.4) is 0 Å². The molecule has 0 saturated heterocycles. The Kier molecular flexibility index (Phi) is 8.96. The molecule has 0 aromatic carbocycles. The molecular formula is C14H31NO. The Morgan fingerprint density at radius 3 is 2.12 bits per heavy atom. The van der Waals surface area contributed by atoms with Crippen LogP contribution in [0, 0.1) is 5.92 Å². The summed E-state index contributed by atoms with van der Waals surface area (Å²) in [5, 5.41) is 0. The van der Waals surface area contributed by atoms with Crippen molar-refractivity contribution in [3.63, 3.8) is 0 Å². The van der Waals surface area contributed by atoms with E-state index in [9.17, 15) is 0 Å². The lowest BCUT2D eigenvalue weighted by Crippen LogP contribution is -2.40. The summed E-state index contributed by atoms with van der Waals surface area (Å²) >= 11 is 0. The van der Waals surface area contributed by atoms with Crippen molar-refractivity contribution in [3.8, 4) is 0 Å². The zero-order chi connectivity index (χ0) is 12.4. The Balaban J connectivity index is 4.05. The fraction of sp³-hybridized carbons (Fsp3) is 1.00. The number of hydrogen-bond acceptors (Lipinski definition) is 2. The minimum Gasteiger partial charge on any atom is -0.373 e. The first-order valence-electron chi connectivity index (χ1n) is 7.01. The minimum atomic E-state index is -0.0698. The van der Waals surface area contributed by atoms with Crippen molar-refractivity contribution in [2.75, 3.05) is 13.2 Å². The molecule has 2 heteroatoms. The van der Waals surface area contributed by atoms with Gasteiger partial charge in [0, 0.05) is 6.54 Å². The Morgan fingerprint density at radius 2 is 1.75 bits per heavy atom. The van der Waals surface area contributed by atoms with E-state index >= 15 is 0 Å². The second-order valence-corrected chi connectivity index (χ2v) is 4.82. The van der Waals surface area contributed by atoms with Gasteiger partial charge in [-0.3, -0.25) is 0 Å². The second kappa shape index (κ2) is 9.00. The van der Waals surface area contributed by atoms with E-state index in [1.807, 2.05) is 0 Å². The smallest absolute Gasteiger partial charge is 0.0799 e. The topological polar surface area (TPSA) is 35.2 Å². The SMILES string of the molecule is CCCCC(CC)COC(CC)(CC)CN. The highest BCUT2D eigenvalue weighted by atomic mass is 16.5. The third-order valence-corrected chi connectivity index (χ3v) is 3.83. The van der Waals surface area contributed by atoms with E-state index < -0.39 is 0 Å².